The molecule has 158 valence electrons. The third-order valence-electron chi connectivity index (χ3n) is 5.99. The van der Waals surface area contributed by atoms with Gasteiger partial charge >= 0.3 is 0 Å². The van der Waals surface area contributed by atoms with E-state index in [2.05, 4.69) is 34.8 Å². The molecule has 1 fully saturated rings. The Morgan fingerprint density at radius 1 is 0.903 bits per heavy atom. The number of methoxy groups -OCH3 is 2. The highest BCUT2D eigenvalue weighted by Gasteiger charge is 2.60. The fourth-order valence-corrected chi connectivity index (χ4v) is 4.20. The molecule has 0 unspecified atom stereocenters. The van der Waals surface area contributed by atoms with Crippen LogP contribution in [0.25, 0.3) is 0 Å². The second-order valence-electron chi connectivity index (χ2n) is 7.70. The number of hydrogen-bond acceptors (Lipinski definition) is 4. The number of nitrogens with zero attached hydrogens (tertiary/aromatic N) is 1. The minimum atomic E-state index is -0.306. The molecule has 1 aliphatic rings. The van der Waals surface area contributed by atoms with Gasteiger partial charge in [-0.25, -0.2) is 5.43 Å². The first-order valence-electron chi connectivity index (χ1n) is 10.3. The summed E-state index contributed by atoms with van der Waals surface area (Å²) in [7, 11) is 3.19. The quantitative estimate of drug-likeness (QED) is 0.456. The van der Waals surface area contributed by atoms with Crippen LogP contribution in [0, 0.1) is 5.92 Å². The number of nitrogens with one attached hydrogen (secondary N) is 1. The van der Waals surface area contributed by atoms with Crippen molar-refractivity contribution in [3.8, 4) is 11.5 Å². The molecule has 0 spiro atoms. The number of amides is 1. The van der Waals surface area contributed by atoms with Gasteiger partial charge in [-0.1, -0.05) is 60.7 Å². The predicted octanol–water partition coefficient (Wildman–Crippen LogP) is 4.55. The molecular weight excluding hydrogens is 388 g/mol. The molecule has 1 saturated carbocycles. The molecule has 0 bridgehead atoms. The smallest absolute Gasteiger partial charge is 0.244 e. The standard InChI is InChI=1S/C26H26N2O3/c1-18(19-14-15-23(30-2)24(16-19)31-3)27-28-25(29)22-17-26(22,20-10-6-4-7-11-20)21-12-8-5-9-13-21/h4-16,22H,17H2,1-3H3,(H,28,29)/b27-18-/t22-/m1/s1. The van der Waals surface area contributed by atoms with Crippen molar-refractivity contribution in [1.29, 1.82) is 0 Å². The summed E-state index contributed by atoms with van der Waals surface area (Å²) in [6.07, 6.45) is 0.762. The van der Waals surface area contributed by atoms with Gasteiger partial charge in [-0.2, -0.15) is 5.10 Å². The SMILES string of the molecule is COc1ccc(/C(C)=N\NC(=O)[C@H]2CC2(c2ccccc2)c2ccccc2)cc1OC. The van der Waals surface area contributed by atoms with Crippen LogP contribution in [0.5, 0.6) is 11.5 Å². The first kappa shape index (κ1) is 20.7. The molecule has 1 amide bonds. The topological polar surface area (TPSA) is 59.9 Å². The molecule has 1 aliphatic carbocycles. The average Bonchev–Trinajstić information content (AvgIpc) is 3.60. The van der Waals surface area contributed by atoms with Crippen molar-refractivity contribution in [2.24, 2.45) is 11.0 Å². The highest BCUT2D eigenvalue weighted by Crippen LogP contribution is 2.58. The van der Waals surface area contributed by atoms with E-state index in [0.29, 0.717) is 17.2 Å². The van der Waals surface area contributed by atoms with Gasteiger partial charge < -0.3 is 9.47 Å². The van der Waals surface area contributed by atoms with E-state index in [0.717, 1.165) is 23.1 Å². The van der Waals surface area contributed by atoms with E-state index in [1.165, 1.54) is 0 Å². The van der Waals surface area contributed by atoms with Crippen molar-refractivity contribution in [1.82, 2.24) is 5.43 Å². The van der Waals surface area contributed by atoms with E-state index in [1.807, 2.05) is 61.5 Å². The van der Waals surface area contributed by atoms with Crippen molar-refractivity contribution < 1.29 is 14.3 Å². The lowest BCUT2D eigenvalue weighted by atomic mass is 9.85. The summed E-state index contributed by atoms with van der Waals surface area (Å²) in [4.78, 5) is 13.1. The zero-order valence-corrected chi connectivity index (χ0v) is 18.0. The second-order valence-corrected chi connectivity index (χ2v) is 7.70. The molecule has 1 atom stereocenters. The molecule has 3 aromatic carbocycles. The summed E-state index contributed by atoms with van der Waals surface area (Å²) in [6.45, 7) is 1.86. The van der Waals surface area contributed by atoms with E-state index < -0.39 is 0 Å². The van der Waals surface area contributed by atoms with Gasteiger partial charge in [0, 0.05) is 11.0 Å². The zero-order valence-electron chi connectivity index (χ0n) is 18.0. The molecule has 4 rings (SSSR count). The number of ether oxygens (including phenoxy) is 2. The van der Waals surface area contributed by atoms with Crippen molar-refractivity contribution in [3.63, 3.8) is 0 Å². The first-order chi connectivity index (χ1) is 15.1. The fourth-order valence-electron chi connectivity index (χ4n) is 4.20. The molecule has 0 radical (unpaired) electrons. The van der Waals surface area contributed by atoms with Crippen LogP contribution in [-0.2, 0) is 10.2 Å². The monoisotopic (exact) mass is 414 g/mol. The van der Waals surface area contributed by atoms with Crippen LogP contribution in [0.4, 0.5) is 0 Å². The molecule has 0 aliphatic heterocycles. The number of hydrazone groups is 1. The molecule has 0 aromatic heterocycles. The third-order valence-corrected chi connectivity index (χ3v) is 5.99. The molecule has 0 saturated heterocycles. The van der Waals surface area contributed by atoms with Gasteiger partial charge in [0.25, 0.3) is 0 Å². The Hall–Kier alpha value is -3.60. The maximum Gasteiger partial charge on any atom is 0.244 e. The average molecular weight is 415 g/mol. The molecule has 1 N–H and O–H groups in total. The van der Waals surface area contributed by atoms with Crippen LogP contribution >= 0.6 is 0 Å². The Morgan fingerprint density at radius 2 is 1.48 bits per heavy atom. The normalized spacial score (nSPS) is 17.0. The van der Waals surface area contributed by atoms with Gasteiger partial charge in [-0.3, -0.25) is 4.79 Å². The van der Waals surface area contributed by atoms with E-state index in [9.17, 15) is 4.79 Å². The Kier molecular flexibility index (Phi) is 5.76. The van der Waals surface area contributed by atoms with Crippen molar-refractivity contribution >= 4 is 11.6 Å². The number of hydrogen-bond donors (Lipinski definition) is 1. The second kappa shape index (κ2) is 8.64. The third kappa shape index (κ3) is 3.91. The highest BCUT2D eigenvalue weighted by atomic mass is 16.5. The van der Waals surface area contributed by atoms with Crippen LogP contribution in [-0.4, -0.2) is 25.8 Å². The van der Waals surface area contributed by atoms with Crippen LogP contribution in [0.3, 0.4) is 0 Å². The minimum absolute atomic E-state index is 0.0764. The van der Waals surface area contributed by atoms with Gasteiger partial charge in [-0.15, -0.1) is 0 Å². The number of benzene rings is 3. The summed E-state index contributed by atoms with van der Waals surface area (Å²) in [6, 6.07) is 26.0. The first-order valence-corrected chi connectivity index (χ1v) is 10.3. The Labute approximate surface area is 182 Å². The molecule has 0 heterocycles. The summed E-state index contributed by atoms with van der Waals surface area (Å²) in [5.41, 5.74) is 6.33. The summed E-state index contributed by atoms with van der Waals surface area (Å²) in [5, 5.41) is 4.36. The maximum atomic E-state index is 13.1. The van der Waals surface area contributed by atoms with Gasteiger partial charge in [-0.05, 0) is 42.7 Å². The Balaban J connectivity index is 1.55. The van der Waals surface area contributed by atoms with Gasteiger partial charge in [0.05, 0.1) is 25.8 Å². The molecular formula is C26H26N2O3. The summed E-state index contributed by atoms with van der Waals surface area (Å²) < 4.78 is 10.6. The zero-order chi connectivity index (χ0) is 21.8. The number of carbonyl (C=O) groups is 1. The maximum absolute atomic E-state index is 13.1. The van der Waals surface area contributed by atoms with Crippen LogP contribution in [0.2, 0.25) is 0 Å². The van der Waals surface area contributed by atoms with Crippen molar-refractivity contribution in [2.75, 3.05) is 14.2 Å². The Morgan fingerprint density at radius 3 is 2.03 bits per heavy atom. The van der Waals surface area contributed by atoms with E-state index in [1.54, 1.807) is 14.2 Å². The predicted molar refractivity (Wildman–Crippen MR) is 122 cm³/mol. The van der Waals surface area contributed by atoms with E-state index in [4.69, 9.17) is 9.47 Å². The van der Waals surface area contributed by atoms with E-state index in [-0.39, 0.29) is 17.2 Å². The number of carbonyl (C=O) groups excluding carboxylic acids is 1. The molecule has 3 aromatic rings. The summed E-state index contributed by atoms with van der Waals surface area (Å²) >= 11 is 0. The van der Waals surface area contributed by atoms with E-state index >= 15 is 0 Å². The van der Waals surface area contributed by atoms with Gasteiger partial charge in [0.2, 0.25) is 5.91 Å². The lowest BCUT2D eigenvalue weighted by molar-refractivity contribution is -0.122. The number of rotatable bonds is 7. The highest BCUT2D eigenvalue weighted by molar-refractivity contribution is 6.00. The van der Waals surface area contributed by atoms with Crippen LogP contribution < -0.4 is 14.9 Å². The molecule has 31 heavy (non-hydrogen) atoms. The minimum Gasteiger partial charge on any atom is -0.493 e. The molecule has 5 nitrogen and oxygen atoms in total. The lowest BCUT2D eigenvalue weighted by Gasteiger charge is -2.18. The van der Waals surface area contributed by atoms with Gasteiger partial charge in [0.15, 0.2) is 11.5 Å². The van der Waals surface area contributed by atoms with Gasteiger partial charge in [0.1, 0.15) is 0 Å². The van der Waals surface area contributed by atoms with Crippen LogP contribution in [0.15, 0.2) is 84.0 Å². The fraction of sp³-hybridized carbons (Fsp3) is 0.231. The summed E-state index contributed by atoms with van der Waals surface area (Å²) in [5.74, 6) is 1.03. The lowest BCUT2D eigenvalue weighted by Crippen LogP contribution is -2.26. The van der Waals surface area contributed by atoms with Crippen LogP contribution in [0.1, 0.15) is 30.0 Å². The Bertz CT molecular complexity index is 1050. The molecule has 5 heteroatoms. The van der Waals surface area contributed by atoms with Crippen molar-refractivity contribution in [3.05, 3.63) is 95.6 Å². The largest absolute Gasteiger partial charge is 0.493 e. The van der Waals surface area contributed by atoms with Crippen molar-refractivity contribution in [2.45, 2.75) is 18.8 Å².